The van der Waals surface area contributed by atoms with Gasteiger partial charge in [-0.25, -0.2) is 21.6 Å². The number of hydrogen-bond acceptors (Lipinski definition) is 5. The average molecular weight is 423 g/mol. The molecule has 0 aromatic heterocycles. The highest BCUT2D eigenvalue weighted by molar-refractivity contribution is 7.91. The number of aliphatic hydroxyl groups excluding tert-OH is 1. The summed E-state index contributed by atoms with van der Waals surface area (Å²) in [7, 11) is -8.95. The lowest BCUT2D eigenvalue weighted by atomic mass is 10.2. The van der Waals surface area contributed by atoms with Crippen LogP contribution in [0.4, 0.5) is 13.2 Å². The summed E-state index contributed by atoms with van der Waals surface area (Å²) in [4.78, 5) is -2.02. The van der Waals surface area contributed by atoms with Gasteiger partial charge in [0.1, 0.15) is 0 Å². The van der Waals surface area contributed by atoms with Gasteiger partial charge in [0.25, 0.3) is 0 Å². The zero-order valence-electron chi connectivity index (χ0n) is 13.9. The van der Waals surface area contributed by atoms with Crippen LogP contribution < -0.4 is 4.72 Å². The summed E-state index contributed by atoms with van der Waals surface area (Å²) in [5.74, 6) is 0. The first-order valence-corrected chi connectivity index (χ1v) is 10.5. The van der Waals surface area contributed by atoms with Gasteiger partial charge in [-0.3, -0.25) is 0 Å². The van der Waals surface area contributed by atoms with E-state index in [4.69, 9.17) is 0 Å². The van der Waals surface area contributed by atoms with Crippen LogP contribution in [0, 0.1) is 0 Å². The first kappa shape index (κ1) is 21.4. The smallest absolute Gasteiger partial charge is 0.392 e. The van der Waals surface area contributed by atoms with Crippen molar-refractivity contribution in [2.75, 3.05) is 6.54 Å². The van der Waals surface area contributed by atoms with Gasteiger partial charge in [-0.2, -0.15) is 13.2 Å². The maximum atomic E-state index is 13.2. The maximum Gasteiger partial charge on any atom is 0.417 e. The summed E-state index contributed by atoms with van der Waals surface area (Å²) in [6.45, 7) is 0.707. The van der Waals surface area contributed by atoms with E-state index in [0.717, 1.165) is 0 Å². The van der Waals surface area contributed by atoms with Crippen molar-refractivity contribution in [2.45, 2.75) is 33.9 Å². The molecule has 0 fully saturated rings. The Bertz CT molecular complexity index is 1020. The molecule has 2 rings (SSSR count). The molecule has 0 amide bonds. The van der Waals surface area contributed by atoms with Gasteiger partial charge in [0, 0.05) is 6.54 Å². The fourth-order valence-electron chi connectivity index (χ4n) is 2.17. The van der Waals surface area contributed by atoms with E-state index in [2.05, 4.69) is 0 Å². The monoisotopic (exact) mass is 423 g/mol. The van der Waals surface area contributed by atoms with E-state index in [1.165, 1.54) is 31.2 Å². The molecule has 0 spiro atoms. The number of rotatable bonds is 6. The molecule has 6 nitrogen and oxygen atoms in total. The minimum absolute atomic E-state index is 0.190. The van der Waals surface area contributed by atoms with Crippen LogP contribution in [-0.4, -0.2) is 34.6 Å². The lowest BCUT2D eigenvalue weighted by Gasteiger charge is -2.16. The zero-order chi connectivity index (χ0) is 20.5. The molecule has 0 saturated heterocycles. The average Bonchev–Trinajstić information content (AvgIpc) is 2.59. The van der Waals surface area contributed by atoms with Gasteiger partial charge < -0.3 is 5.11 Å². The summed E-state index contributed by atoms with van der Waals surface area (Å²) in [5, 5.41) is 9.18. The Kier molecular flexibility index (Phi) is 6.00. The number of halogens is 3. The molecule has 0 bridgehead atoms. The summed E-state index contributed by atoms with van der Waals surface area (Å²) in [6, 6.07) is 8.49. The van der Waals surface area contributed by atoms with Gasteiger partial charge >= 0.3 is 6.18 Å². The first-order valence-electron chi connectivity index (χ1n) is 7.55. The highest BCUT2D eigenvalue weighted by Gasteiger charge is 2.38. The number of sulfonamides is 1. The highest BCUT2D eigenvalue weighted by Crippen LogP contribution is 2.36. The topological polar surface area (TPSA) is 101 Å². The van der Waals surface area contributed by atoms with Gasteiger partial charge in [-0.15, -0.1) is 0 Å². The summed E-state index contributed by atoms with van der Waals surface area (Å²) < 4.78 is 91.4. The molecule has 0 aliphatic heterocycles. The summed E-state index contributed by atoms with van der Waals surface area (Å²) in [6.07, 6.45) is -6.17. The van der Waals surface area contributed by atoms with E-state index in [-0.39, 0.29) is 4.90 Å². The number of sulfone groups is 1. The van der Waals surface area contributed by atoms with Crippen LogP contribution in [0.1, 0.15) is 12.5 Å². The summed E-state index contributed by atoms with van der Waals surface area (Å²) >= 11 is 0. The number of alkyl halides is 3. The van der Waals surface area contributed by atoms with E-state index in [1.807, 2.05) is 4.72 Å². The Morgan fingerprint density at radius 2 is 1.59 bits per heavy atom. The molecule has 2 aromatic carbocycles. The van der Waals surface area contributed by atoms with E-state index >= 15 is 0 Å². The molecule has 148 valence electrons. The van der Waals surface area contributed by atoms with Crippen molar-refractivity contribution >= 4 is 19.9 Å². The van der Waals surface area contributed by atoms with Crippen molar-refractivity contribution in [2.24, 2.45) is 0 Å². The fraction of sp³-hybridized carbons (Fsp3) is 0.250. The molecule has 2 aromatic rings. The fourth-order valence-corrected chi connectivity index (χ4v) is 4.92. The van der Waals surface area contributed by atoms with Crippen LogP contribution in [0.2, 0.25) is 0 Å². The molecule has 11 heteroatoms. The molecule has 2 N–H and O–H groups in total. The molecule has 0 aliphatic rings. The van der Waals surface area contributed by atoms with Crippen LogP contribution in [0.5, 0.6) is 0 Å². The van der Waals surface area contributed by atoms with Gasteiger partial charge in [0.2, 0.25) is 19.9 Å². The van der Waals surface area contributed by atoms with Crippen molar-refractivity contribution in [3.8, 4) is 0 Å². The Morgan fingerprint density at radius 1 is 1.00 bits per heavy atom. The normalized spacial score (nSPS) is 14.1. The molecule has 0 aliphatic carbocycles. The van der Waals surface area contributed by atoms with Crippen LogP contribution in [0.3, 0.4) is 0 Å². The predicted molar refractivity (Wildman–Crippen MR) is 90.2 cm³/mol. The molecule has 0 saturated carbocycles. The molecular weight excluding hydrogens is 407 g/mol. The standard InChI is InChI=1S/C16H16F3NO5S2/c1-11(21)10-20-27(24,25)15-9-13(7-8-14(15)16(17,18)19)26(22,23)12-5-3-2-4-6-12/h2-9,11,20-21H,10H2,1H3. The lowest BCUT2D eigenvalue weighted by molar-refractivity contribution is -0.139. The van der Waals surface area contributed by atoms with Gasteiger partial charge in [-0.1, -0.05) is 18.2 Å². The third-order valence-corrected chi connectivity index (χ3v) is 6.71. The third kappa shape index (κ3) is 4.86. The van der Waals surface area contributed by atoms with Crippen LogP contribution in [0.15, 0.2) is 63.2 Å². The van der Waals surface area contributed by atoms with Crippen LogP contribution in [-0.2, 0) is 26.0 Å². The van der Waals surface area contributed by atoms with Crippen molar-refractivity contribution < 1.29 is 35.1 Å². The minimum Gasteiger partial charge on any atom is -0.392 e. The largest absolute Gasteiger partial charge is 0.417 e. The summed E-state index contributed by atoms with van der Waals surface area (Å²) in [5.41, 5.74) is -1.51. The van der Waals surface area contributed by atoms with Gasteiger partial charge in [-0.05, 0) is 37.3 Å². The first-order chi connectivity index (χ1) is 12.4. The second-order valence-corrected chi connectivity index (χ2v) is 9.36. The Balaban J connectivity index is 2.66. The quantitative estimate of drug-likeness (QED) is 0.742. The molecule has 0 radical (unpaired) electrons. The number of hydrogen-bond donors (Lipinski definition) is 2. The van der Waals surface area contributed by atoms with Gasteiger partial charge in [0.15, 0.2) is 0 Å². The van der Waals surface area contributed by atoms with E-state index in [0.29, 0.717) is 18.2 Å². The van der Waals surface area contributed by atoms with Crippen molar-refractivity contribution in [1.29, 1.82) is 0 Å². The van der Waals surface area contributed by atoms with Crippen LogP contribution >= 0.6 is 0 Å². The molecule has 27 heavy (non-hydrogen) atoms. The number of nitrogens with one attached hydrogen (secondary N) is 1. The second kappa shape index (κ2) is 7.58. The third-order valence-electron chi connectivity index (χ3n) is 3.48. The Labute approximate surface area is 154 Å². The Morgan fingerprint density at radius 3 is 2.11 bits per heavy atom. The van der Waals surface area contributed by atoms with Gasteiger partial charge in [0.05, 0.1) is 26.4 Å². The van der Waals surface area contributed by atoms with Crippen molar-refractivity contribution in [1.82, 2.24) is 4.72 Å². The minimum atomic E-state index is -5.02. The van der Waals surface area contributed by atoms with Crippen molar-refractivity contribution in [3.63, 3.8) is 0 Å². The zero-order valence-corrected chi connectivity index (χ0v) is 15.6. The lowest BCUT2D eigenvalue weighted by Crippen LogP contribution is -2.32. The van der Waals surface area contributed by atoms with Crippen molar-refractivity contribution in [3.05, 3.63) is 54.1 Å². The molecule has 1 atom stereocenters. The SMILES string of the molecule is CC(O)CNS(=O)(=O)c1cc(S(=O)(=O)c2ccccc2)ccc1C(F)(F)F. The second-order valence-electron chi connectivity index (χ2n) is 5.67. The molecule has 0 heterocycles. The number of aliphatic hydroxyl groups is 1. The van der Waals surface area contributed by atoms with E-state index in [1.54, 1.807) is 6.07 Å². The highest BCUT2D eigenvalue weighted by atomic mass is 32.2. The Hall–Kier alpha value is -1.95. The van der Waals surface area contributed by atoms with E-state index < -0.39 is 54.0 Å². The van der Waals surface area contributed by atoms with Crippen LogP contribution in [0.25, 0.3) is 0 Å². The number of benzene rings is 2. The van der Waals surface area contributed by atoms with E-state index in [9.17, 15) is 35.1 Å². The molecular formula is C16H16F3NO5S2. The molecule has 1 unspecified atom stereocenters. The maximum absolute atomic E-state index is 13.2. The predicted octanol–water partition coefficient (Wildman–Crippen LogP) is 2.20.